The van der Waals surface area contributed by atoms with Gasteiger partial charge < -0.3 is 4.74 Å². The first kappa shape index (κ1) is 11.2. The van der Waals surface area contributed by atoms with Crippen LogP contribution < -0.4 is 4.74 Å². The van der Waals surface area contributed by atoms with Gasteiger partial charge >= 0.3 is 6.36 Å². The molecule has 2 rings (SSSR count). The Balaban J connectivity index is 2.59. The smallest absolute Gasteiger partial charge is 0.403 e. The maximum Gasteiger partial charge on any atom is 0.573 e. The highest BCUT2D eigenvalue weighted by Crippen LogP contribution is 2.32. The van der Waals surface area contributed by atoms with Gasteiger partial charge in [-0.05, 0) is 18.2 Å². The van der Waals surface area contributed by atoms with Crippen LogP contribution in [0.4, 0.5) is 13.2 Å². The minimum absolute atomic E-state index is 0.183. The van der Waals surface area contributed by atoms with Gasteiger partial charge in [-0.2, -0.15) is 0 Å². The van der Waals surface area contributed by atoms with E-state index in [1.165, 1.54) is 12.3 Å². The summed E-state index contributed by atoms with van der Waals surface area (Å²) in [6.45, 7) is 0. The first-order chi connectivity index (χ1) is 7.46. The van der Waals surface area contributed by atoms with E-state index in [4.69, 9.17) is 0 Å². The van der Waals surface area contributed by atoms with Crippen LogP contribution in [0.15, 0.2) is 34.9 Å². The number of aromatic nitrogens is 1. The molecule has 0 saturated heterocycles. The molecule has 1 aromatic carbocycles. The van der Waals surface area contributed by atoms with Gasteiger partial charge in [0.2, 0.25) is 0 Å². The minimum Gasteiger partial charge on any atom is -0.403 e. The lowest BCUT2D eigenvalue weighted by atomic mass is 10.2. The fourth-order valence-corrected chi connectivity index (χ4v) is 1.78. The van der Waals surface area contributed by atoms with Crippen LogP contribution in [0.25, 0.3) is 10.9 Å². The van der Waals surface area contributed by atoms with Gasteiger partial charge in [0.1, 0.15) is 5.52 Å². The van der Waals surface area contributed by atoms with E-state index in [0.29, 0.717) is 9.86 Å². The lowest BCUT2D eigenvalue weighted by Gasteiger charge is -2.11. The standard InChI is InChI=1S/C10H5BrF3NO/c11-7-4-6-2-1-3-15-9(6)8(5-7)16-10(12,13)14/h1-5H. The van der Waals surface area contributed by atoms with Gasteiger partial charge in [-0.1, -0.05) is 22.0 Å². The molecule has 0 bridgehead atoms. The van der Waals surface area contributed by atoms with Crippen molar-refractivity contribution in [2.75, 3.05) is 0 Å². The molecule has 0 amide bonds. The summed E-state index contributed by atoms with van der Waals surface area (Å²) >= 11 is 3.12. The molecular weight excluding hydrogens is 287 g/mol. The Morgan fingerprint density at radius 2 is 2.00 bits per heavy atom. The Kier molecular flexibility index (Phi) is 2.75. The van der Waals surface area contributed by atoms with Crippen molar-refractivity contribution in [2.24, 2.45) is 0 Å². The second-order valence-corrected chi connectivity index (χ2v) is 3.94. The molecule has 0 unspecified atom stereocenters. The molecule has 1 heterocycles. The first-order valence-corrected chi connectivity index (χ1v) is 5.05. The highest BCUT2D eigenvalue weighted by atomic mass is 79.9. The highest BCUT2D eigenvalue weighted by molar-refractivity contribution is 9.10. The molecule has 0 radical (unpaired) electrons. The van der Waals surface area contributed by atoms with Crippen molar-refractivity contribution in [1.29, 1.82) is 0 Å². The number of nitrogens with zero attached hydrogens (tertiary/aromatic N) is 1. The van der Waals surface area contributed by atoms with Gasteiger partial charge in [0.15, 0.2) is 5.75 Å². The molecule has 84 valence electrons. The van der Waals surface area contributed by atoms with Gasteiger partial charge in [0, 0.05) is 16.1 Å². The largest absolute Gasteiger partial charge is 0.573 e. The fourth-order valence-electron chi connectivity index (χ4n) is 1.33. The Morgan fingerprint density at radius 3 is 2.69 bits per heavy atom. The van der Waals surface area contributed by atoms with Gasteiger partial charge in [-0.3, -0.25) is 4.98 Å². The number of alkyl halides is 3. The van der Waals surface area contributed by atoms with Crippen molar-refractivity contribution in [3.8, 4) is 5.75 Å². The maximum atomic E-state index is 12.1. The van der Waals surface area contributed by atoms with E-state index < -0.39 is 6.36 Å². The first-order valence-electron chi connectivity index (χ1n) is 4.26. The van der Waals surface area contributed by atoms with Crippen LogP contribution in [-0.4, -0.2) is 11.3 Å². The summed E-state index contributed by atoms with van der Waals surface area (Å²) < 4.78 is 40.8. The van der Waals surface area contributed by atoms with Gasteiger partial charge in [0.25, 0.3) is 0 Å². The number of ether oxygens (including phenoxy) is 1. The molecule has 6 heteroatoms. The van der Waals surface area contributed by atoms with E-state index in [-0.39, 0.29) is 11.3 Å². The number of rotatable bonds is 1. The third-order valence-corrected chi connectivity index (χ3v) is 2.32. The molecule has 0 saturated carbocycles. The van der Waals surface area contributed by atoms with Crippen molar-refractivity contribution in [3.05, 3.63) is 34.9 Å². The van der Waals surface area contributed by atoms with E-state index in [1.807, 2.05) is 0 Å². The third-order valence-electron chi connectivity index (χ3n) is 1.86. The Labute approximate surface area is 97.2 Å². The maximum absolute atomic E-state index is 12.1. The number of halogens is 4. The molecule has 0 spiro atoms. The van der Waals surface area contributed by atoms with Crippen molar-refractivity contribution in [1.82, 2.24) is 4.98 Å². The molecule has 0 aliphatic heterocycles. The zero-order chi connectivity index (χ0) is 11.8. The Bertz CT molecular complexity index is 527. The van der Waals surface area contributed by atoms with Crippen LogP contribution in [0.2, 0.25) is 0 Å². The molecule has 16 heavy (non-hydrogen) atoms. The quantitative estimate of drug-likeness (QED) is 0.795. The SMILES string of the molecule is FC(F)(F)Oc1cc(Br)cc2cccnc12. The van der Waals surface area contributed by atoms with Gasteiger partial charge in [0.05, 0.1) is 0 Å². The third kappa shape index (κ3) is 2.44. The van der Waals surface area contributed by atoms with Crippen molar-refractivity contribution < 1.29 is 17.9 Å². The second kappa shape index (κ2) is 3.93. The summed E-state index contributed by atoms with van der Waals surface area (Å²) in [5.74, 6) is -0.308. The van der Waals surface area contributed by atoms with Crippen molar-refractivity contribution >= 4 is 26.8 Å². The Hall–Kier alpha value is -1.30. The number of pyridine rings is 1. The number of hydrogen-bond acceptors (Lipinski definition) is 2. The molecule has 1 aromatic heterocycles. The average molecular weight is 292 g/mol. The van der Waals surface area contributed by atoms with Crippen LogP contribution in [0.5, 0.6) is 5.75 Å². The van der Waals surface area contributed by atoms with Crippen LogP contribution in [0, 0.1) is 0 Å². The normalized spacial score (nSPS) is 11.8. The van der Waals surface area contributed by atoms with E-state index in [9.17, 15) is 13.2 Å². The summed E-state index contributed by atoms with van der Waals surface area (Å²) in [4.78, 5) is 3.86. The predicted molar refractivity (Wildman–Crippen MR) is 56.1 cm³/mol. The van der Waals surface area contributed by atoms with Crippen LogP contribution in [0.3, 0.4) is 0 Å². The van der Waals surface area contributed by atoms with Gasteiger partial charge in [-0.25, -0.2) is 0 Å². The van der Waals surface area contributed by atoms with Crippen molar-refractivity contribution in [3.63, 3.8) is 0 Å². The molecular formula is C10H5BrF3NO. The molecule has 0 aliphatic rings. The monoisotopic (exact) mass is 291 g/mol. The van der Waals surface area contributed by atoms with E-state index in [0.717, 1.165) is 0 Å². The minimum atomic E-state index is -4.72. The fraction of sp³-hybridized carbons (Fsp3) is 0.100. The second-order valence-electron chi connectivity index (χ2n) is 3.03. The van der Waals surface area contributed by atoms with E-state index >= 15 is 0 Å². The summed E-state index contributed by atoms with van der Waals surface area (Å²) in [5.41, 5.74) is 0.183. The lowest BCUT2D eigenvalue weighted by Crippen LogP contribution is -2.17. The van der Waals surface area contributed by atoms with Crippen LogP contribution in [0.1, 0.15) is 0 Å². The Morgan fingerprint density at radius 1 is 1.25 bits per heavy atom. The molecule has 0 N–H and O–H groups in total. The zero-order valence-electron chi connectivity index (χ0n) is 7.75. The number of benzene rings is 1. The molecule has 0 atom stereocenters. The lowest BCUT2D eigenvalue weighted by molar-refractivity contribution is -0.274. The number of hydrogen-bond donors (Lipinski definition) is 0. The summed E-state index contributed by atoms with van der Waals surface area (Å²) in [6, 6.07) is 6.22. The molecule has 0 aliphatic carbocycles. The average Bonchev–Trinajstić information content (AvgIpc) is 2.14. The van der Waals surface area contributed by atoms with Gasteiger partial charge in [-0.15, -0.1) is 13.2 Å². The summed E-state index contributed by atoms with van der Waals surface area (Å²) in [5, 5.41) is 0.580. The summed E-state index contributed by atoms with van der Waals surface area (Å²) in [7, 11) is 0. The molecule has 0 fully saturated rings. The van der Waals surface area contributed by atoms with E-state index in [1.54, 1.807) is 18.2 Å². The summed E-state index contributed by atoms with van der Waals surface area (Å²) in [6.07, 6.45) is -3.30. The predicted octanol–water partition coefficient (Wildman–Crippen LogP) is 3.90. The highest BCUT2D eigenvalue weighted by Gasteiger charge is 2.32. The zero-order valence-corrected chi connectivity index (χ0v) is 9.34. The van der Waals surface area contributed by atoms with Crippen LogP contribution >= 0.6 is 15.9 Å². The molecule has 2 nitrogen and oxygen atoms in total. The van der Waals surface area contributed by atoms with Crippen LogP contribution in [-0.2, 0) is 0 Å². The molecule has 2 aromatic rings. The number of fused-ring (bicyclic) bond motifs is 1. The van der Waals surface area contributed by atoms with E-state index in [2.05, 4.69) is 25.7 Å². The van der Waals surface area contributed by atoms with Crippen molar-refractivity contribution in [2.45, 2.75) is 6.36 Å². The topological polar surface area (TPSA) is 22.1 Å².